The summed E-state index contributed by atoms with van der Waals surface area (Å²) in [6.45, 7) is 0. The summed E-state index contributed by atoms with van der Waals surface area (Å²) < 4.78 is 2.74. The molecule has 0 amide bonds. The maximum Gasteiger partial charge on any atom is 0.214 e. The summed E-state index contributed by atoms with van der Waals surface area (Å²) in [4.78, 5) is 0.956. The van der Waals surface area contributed by atoms with Crippen LogP contribution in [0.4, 0.5) is 0 Å². The molecule has 0 N–H and O–H groups in total. The summed E-state index contributed by atoms with van der Waals surface area (Å²) in [6, 6.07) is 8.16. The Kier molecular flexibility index (Phi) is 3.06. The van der Waals surface area contributed by atoms with E-state index in [1.165, 1.54) is 11.8 Å². The van der Waals surface area contributed by atoms with E-state index in [1.807, 2.05) is 16.8 Å². The molecule has 0 unspecified atom stereocenters. The van der Waals surface area contributed by atoms with Crippen molar-refractivity contribution in [1.82, 2.24) is 20.2 Å². The van der Waals surface area contributed by atoms with Gasteiger partial charge >= 0.3 is 0 Å². The van der Waals surface area contributed by atoms with Crippen LogP contribution in [0.1, 0.15) is 24.4 Å². The summed E-state index contributed by atoms with van der Waals surface area (Å²) >= 11 is 4.87. The Balaban J connectivity index is 1.90. The maximum atomic E-state index is 8.94. The van der Waals surface area contributed by atoms with Gasteiger partial charge in [-0.1, -0.05) is 15.9 Å². The van der Waals surface area contributed by atoms with Gasteiger partial charge in [0.25, 0.3) is 0 Å². The third kappa shape index (κ3) is 2.40. The van der Waals surface area contributed by atoms with Gasteiger partial charge in [0.15, 0.2) is 0 Å². The van der Waals surface area contributed by atoms with Crippen LogP contribution in [0.25, 0.3) is 0 Å². The molecular weight excluding hydrogens is 314 g/mol. The number of hydrogen-bond donors (Lipinski definition) is 0. The summed E-state index contributed by atoms with van der Waals surface area (Å²) in [5.41, 5.74) is 0.623. The monoisotopic (exact) mass is 321 g/mol. The van der Waals surface area contributed by atoms with E-state index < -0.39 is 0 Å². The van der Waals surface area contributed by atoms with Crippen molar-refractivity contribution in [3.05, 3.63) is 28.2 Å². The Labute approximate surface area is 116 Å². The molecule has 5 nitrogen and oxygen atoms in total. The van der Waals surface area contributed by atoms with Crippen LogP contribution in [-0.4, -0.2) is 20.2 Å². The van der Waals surface area contributed by atoms with Crippen molar-refractivity contribution in [2.24, 2.45) is 0 Å². The molecule has 1 fully saturated rings. The van der Waals surface area contributed by atoms with E-state index in [0.29, 0.717) is 11.6 Å². The van der Waals surface area contributed by atoms with Crippen molar-refractivity contribution in [3.63, 3.8) is 0 Å². The second-order valence-corrected chi connectivity index (χ2v) is 5.98. The van der Waals surface area contributed by atoms with E-state index in [0.717, 1.165) is 27.4 Å². The van der Waals surface area contributed by atoms with Crippen LogP contribution in [0.5, 0.6) is 0 Å². The number of halogens is 1. The van der Waals surface area contributed by atoms with E-state index in [1.54, 1.807) is 6.07 Å². The van der Waals surface area contributed by atoms with Gasteiger partial charge in [0.2, 0.25) is 5.16 Å². The topological polar surface area (TPSA) is 67.4 Å². The van der Waals surface area contributed by atoms with Gasteiger partial charge in [0.1, 0.15) is 0 Å². The van der Waals surface area contributed by atoms with Crippen LogP contribution >= 0.6 is 27.7 Å². The lowest BCUT2D eigenvalue weighted by Gasteiger charge is -2.03. The summed E-state index contributed by atoms with van der Waals surface area (Å²) in [7, 11) is 0. The van der Waals surface area contributed by atoms with E-state index in [-0.39, 0.29) is 0 Å². The lowest BCUT2D eigenvalue weighted by molar-refractivity contribution is 0.565. The molecule has 0 atom stereocenters. The highest BCUT2D eigenvalue weighted by molar-refractivity contribution is 9.10. The number of nitriles is 1. The predicted molar refractivity (Wildman–Crippen MR) is 69.1 cm³/mol. The fourth-order valence-corrected chi connectivity index (χ4v) is 3.18. The van der Waals surface area contributed by atoms with Crippen molar-refractivity contribution in [2.45, 2.75) is 28.9 Å². The Morgan fingerprint density at radius 1 is 1.39 bits per heavy atom. The van der Waals surface area contributed by atoms with E-state index in [4.69, 9.17) is 5.26 Å². The minimum Gasteiger partial charge on any atom is -0.217 e. The summed E-state index contributed by atoms with van der Waals surface area (Å²) in [6.07, 6.45) is 2.28. The van der Waals surface area contributed by atoms with Gasteiger partial charge < -0.3 is 0 Å². The molecule has 7 heteroatoms. The van der Waals surface area contributed by atoms with Gasteiger partial charge in [0, 0.05) is 9.37 Å². The number of tetrazole rings is 1. The third-order valence-corrected chi connectivity index (χ3v) is 3.95. The molecule has 1 aliphatic carbocycles. The van der Waals surface area contributed by atoms with Crippen LogP contribution in [0.3, 0.4) is 0 Å². The van der Waals surface area contributed by atoms with Gasteiger partial charge in [0.05, 0.1) is 17.7 Å². The van der Waals surface area contributed by atoms with Crippen molar-refractivity contribution in [1.29, 1.82) is 5.26 Å². The zero-order chi connectivity index (χ0) is 12.5. The lowest BCUT2D eigenvalue weighted by atomic mass is 10.2. The average molecular weight is 322 g/mol. The van der Waals surface area contributed by atoms with Crippen LogP contribution in [0.15, 0.2) is 32.7 Å². The SMILES string of the molecule is N#Cc1cc(Br)cc(Sc2nnnn2C2CC2)c1. The summed E-state index contributed by atoms with van der Waals surface area (Å²) in [5, 5.41) is 21.4. The first-order valence-corrected chi connectivity index (χ1v) is 7.03. The molecule has 1 saturated carbocycles. The fraction of sp³-hybridized carbons (Fsp3) is 0.273. The quantitative estimate of drug-likeness (QED) is 0.869. The first-order chi connectivity index (χ1) is 8.76. The van der Waals surface area contributed by atoms with Crippen molar-refractivity contribution >= 4 is 27.7 Å². The van der Waals surface area contributed by atoms with Gasteiger partial charge in [-0.25, -0.2) is 4.68 Å². The van der Waals surface area contributed by atoms with Crippen molar-refractivity contribution < 1.29 is 0 Å². The molecule has 0 spiro atoms. The molecule has 1 heterocycles. The molecule has 1 aliphatic rings. The number of benzene rings is 1. The van der Waals surface area contributed by atoms with Crippen LogP contribution in [0, 0.1) is 11.3 Å². The first-order valence-electron chi connectivity index (χ1n) is 5.42. The normalized spacial score (nSPS) is 14.4. The Bertz CT molecular complexity index is 629. The largest absolute Gasteiger partial charge is 0.217 e. The predicted octanol–water partition coefficient (Wildman–Crippen LogP) is 2.79. The molecule has 1 aromatic carbocycles. The maximum absolute atomic E-state index is 8.94. The second kappa shape index (κ2) is 4.71. The van der Waals surface area contributed by atoms with E-state index in [9.17, 15) is 0 Å². The third-order valence-electron chi connectivity index (χ3n) is 2.56. The average Bonchev–Trinajstić information content (AvgIpc) is 3.10. The molecule has 18 heavy (non-hydrogen) atoms. The Morgan fingerprint density at radius 2 is 2.22 bits per heavy atom. The molecule has 1 aromatic heterocycles. The highest BCUT2D eigenvalue weighted by atomic mass is 79.9. The van der Waals surface area contributed by atoms with Gasteiger partial charge in [-0.2, -0.15) is 5.26 Å². The lowest BCUT2D eigenvalue weighted by Crippen LogP contribution is -1.98. The second-order valence-electron chi connectivity index (χ2n) is 4.03. The van der Waals surface area contributed by atoms with Crippen molar-refractivity contribution in [2.75, 3.05) is 0 Å². The van der Waals surface area contributed by atoms with Gasteiger partial charge in [-0.15, -0.1) is 5.10 Å². The number of nitrogens with zero attached hydrogens (tertiary/aromatic N) is 5. The minimum absolute atomic E-state index is 0.449. The number of aromatic nitrogens is 4. The standard InChI is InChI=1S/C11H8BrN5S/c12-8-3-7(6-13)4-10(5-8)18-11-14-15-16-17(11)9-1-2-9/h3-5,9H,1-2H2. The van der Waals surface area contributed by atoms with E-state index in [2.05, 4.69) is 37.5 Å². The molecule has 0 aliphatic heterocycles. The molecule has 3 rings (SSSR count). The Morgan fingerprint density at radius 3 is 2.94 bits per heavy atom. The fourth-order valence-electron chi connectivity index (χ4n) is 1.59. The molecule has 2 aromatic rings. The highest BCUT2D eigenvalue weighted by Gasteiger charge is 2.28. The van der Waals surface area contributed by atoms with Crippen LogP contribution in [-0.2, 0) is 0 Å². The smallest absolute Gasteiger partial charge is 0.214 e. The molecule has 0 saturated heterocycles. The van der Waals surface area contributed by atoms with Gasteiger partial charge in [-0.05, 0) is 53.2 Å². The van der Waals surface area contributed by atoms with Gasteiger partial charge in [-0.3, -0.25) is 0 Å². The first kappa shape index (κ1) is 11.7. The molecule has 0 radical (unpaired) electrons. The zero-order valence-corrected chi connectivity index (χ0v) is 11.6. The highest BCUT2D eigenvalue weighted by Crippen LogP contribution is 2.38. The van der Waals surface area contributed by atoms with Crippen molar-refractivity contribution in [3.8, 4) is 6.07 Å². The summed E-state index contributed by atoms with van der Waals surface area (Å²) in [5.74, 6) is 0. The molecule has 90 valence electrons. The van der Waals surface area contributed by atoms with Crippen LogP contribution < -0.4 is 0 Å². The molecule has 0 bridgehead atoms. The number of rotatable bonds is 3. The van der Waals surface area contributed by atoms with E-state index >= 15 is 0 Å². The minimum atomic E-state index is 0.449. The molecular formula is C11H8BrN5S. The number of hydrogen-bond acceptors (Lipinski definition) is 5. The Hall–Kier alpha value is -1.39. The zero-order valence-electron chi connectivity index (χ0n) is 9.25. The van der Waals surface area contributed by atoms with Crippen LogP contribution in [0.2, 0.25) is 0 Å².